The molecule has 1 aromatic carbocycles. The van der Waals surface area contributed by atoms with Crippen molar-refractivity contribution in [2.45, 2.75) is 38.9 Å². The highest BCUT2D eigenvalue weighted by Crippen LogP contribution is 2.35. The van der Waals surface area contributed by atoms with E-state index in [1.165, 1.54) is 12.1 Å². The standard InChI is InChI=1S/C21H24FN3O2/c1-14(2)10-20(26)23-12-18-19(13-23)25(11-15-5-7-16(22)8-6-15)21(27)17-4-3-9-24(17)18/h3-9,14,18-19H,10-13H2,1-2H3/t18-,19-/m0/s1. The van der Waals surface area contributed by atoms with Gasteiger partial charge in [0.1, 0.15) is 11.5 Å². The zero-order chi connectivity index (χ0) is 19.1. The summed E-state index contributed by atoms with van der Waals surface area (Å²) in [5.74, 6) is 0.118. The van der Waals surface area contributed by atoms with E-state index in [1.807, 2.05) is 46.5 Å². The van der Waals surface area contributed by atoms with E-state index in [1.54, 1.807) is 12.1 Å². The summed E-state index contributed by atoms with van der Waals surface area (Å²) >= 11 is 0. The van der Waals surface area contributed by atoms with E-state index in [-0.39, 0.29) is 29.7 Å². The smallest absolute Gasteiger partial charge is 0.271 e. The molecular weight excluding hydrogens is 345 g/mol. The second-order valence-electron chi connectivity index (χ2n) is 7.89. The van der Waals surface area contributed by atoms with Crippen LogP contribution in [0.15, 0.2) is 42.6 Å². The van der Waals surface area contributed by atoms with Crippen LogP contribution in [0.4, 0.5) is 4.39 Å². The molecule has 0 saturated carbocycles. The van der Waals surface area contributed by atoms with Gasteiger partial charge in [0.15, 0.2) is 0 Å². The maximum absolute atomic E-state index is 13.2. The topological polar surface area (TPSA) is 45.6 Å². The molecule has 0 bridgehead atoms. The van der Waals surface area contributed by atoms with Gasteiger partial charge in [0, 0.05) is 32.3 Å². The maximum Gasteiger partial charge on any atom is 0.271 e. The van der Waals surface area contributed by atoms with Gasteiger partial charge in [0.25, 0.3) is 5.91 Å². The molecule has 3 heterocycles. The minimum atomic E-state index is -0.290. The first-order valence-electron chi connectivity index (χ1n) is 9.44. The number of amides is 2. The van der Waals surface area contributed by atoms with Crippen LogP contribution in [-0.2, 0) is 11.3 Å². The minimum Gasteiger partial charge on any atom is -0.338 e. The number of hydrogen-bond donors (Lipinski definition) is 0. The molecular formula is C21H24FN3O2. The van der Waals surface area contributed by atoms with Crippen LogP contribution in [0, 0.1) is 11.7 Å². The van der Waals surface area contributed by atoms with Crippen LogP contribution < -0.4 is 0 Å². The first-order chi connectivity index (χ1) is 12.9. The summed E-state index contributed by atoms with van der Waals surface area (Å²) in [6.45, 7) is 5.65. The van der Waals surface area contributed by atoms with Gasteiger partial charge in [-0.15, -0.1) is 0 Å². The van der Waals surface area contributed by atoms with E-state index in [9.17, 15) is 14.0 Å². The Balaban J connectivity index is 1.62. The Morgan fingerprint density at radius 3 is 2.56 bits per heavy atom. The third kappa shape index (κ3) is 3.24. The molecule has 142 valence electrons. The van der Waals surface area contributed by atoms with E-state index in [4.69, 9.17) is 0 Å². The lowest BCUT2D eigenvalue weighted by Gasteiger charge is -2.38. The van der Waals surface area contributed by atoms with Crippen LogP contribution >= 0.6 is 0 Å². The fourth-order valence-electron chi connectivity index (χ4n) is 4.17. The van der Waals surface area contributed by atoms with Crippen molar-refractivity contribution in [3.63, 3.8) is 0 Å². The predicted octanol–water partition coefficient (Wildman–Crippen LogP) is 3.08. The van der Waals surface area contributed by atoms with Crippen LogP contribution in [0.2, 0.25) is 0 Å². The number of nitrogens with zero attached hydrogens (tertiary/aromatic N) is 3. The molecule has 2 aliphatic rings. The highest BCUT2D eigenvalue weighted by Gasteiger charge is 2.46. The van der Waals surface area contributed by atoms with Crippen molar-refractivity contribution in [2.75, 3.05) is 13.1 Å². The van der Waals surface area contributed by atoms with Crippen LogP contribution in [0.1, 0.15) is 42.4 Å². The zero-order valence-corrected chi connectivity index (χ0v) is 15.6. The van der Waals surface area contributed by atoms with Crippen LogP contribution in [-0.4, -0.2) is 45.3 Å². The lowest BCUT2D eigenvalue weighted by Crippen LogP contribution is -2.49. The molecule has 0 N–H and O–H groups in total. The number of aromatic nitrogens is 1. The van der Waals surface area contributed by atoms with Crippen LogP contribution in [0.5, 0.6) is 0 Å². The number of halogens is 1. The Morgan fingerprint density at radius 2 is 1.85 bits per heavy atom. The first-order valence-corrected chi connectivity index (χ1v) is 9.44. The van der Waals surface area contributed by atoms with Crippen LogP contribution in [0.3, 0.4) is 0 Å². The Hall–Kier alpha value is -2.63. The third-order valence-electron chi connectivity index (χ3n) is 5.48. The van der Waals surface area contributed by atoms with Gasteiger partial charge in [-0.05, 0) is 35.7 Å². The summed E-state index contributed by atoms with van der Waals surface area (Å²) in [6, 6.07) is 9.94. The van der Waals surface area contributed by atoms with Crippen molar-refractivity contribution >= 4 is 11.8 Å². The highest BCUT2D eigenvalue weighted by atomic mass is 19.1. The monoisotopic (exact) mass is 369 g/mol. The third-order valence-corrected chi connectivity index (χ3v) is 5.48. The van der Waals surface area contributed by atoms with E-state index >= 15 is 0 Å². The summed E-state index contributed by atoms with van der Waals surface area (Å²) in [5.41, 5.74) is 1.53. The van der Waals surface area contributed by atoms with Gasteiger partial charge in [0.05, 0.1) is 12.1 Å². The molecule has 2 atom stereocenters. The minimum absolute atomic E-state index is 0.0382. The molecule has 0 unspecified atom stereocenters. The number of rotatable bonds is 4. The molecule has 6 heteroatoms. The van der Waals surface area contributed by atoms with Crippen molar-refractivity contribution in [1.29, 1.82) is 0 Å². The average molecular weight is 369 g/mol. The van der Waals surface area contributed by atoms with E-state index in [0.29, 0.717) is 37.7 Å². The molecule has 2 amide bonds. The van der Waals surface area contributed by atoms with Gasteiger partial charge in [-0.2, -0.15) is 0 Å². The summed E-state index contributed by atoms with van der Waals surface area (Å²) in [4.78, 5) is 29.4. The predicted molar refractivity (Wildman–Crippen MR) is 99.6 cm³/mol. The van der Waals surface area contributed by atoms with Crippen molar-refractivity contribution < 1.29 is 14.0 Å². The summed E-state index contributed by atoms with van der Waals surface area (Å²) in [5, 5.41) is 0. The summed E-state index contributed by atoms with van der Waals surface area (Å²) in [7, 11) is 0. The largest absolute Gasteiger partial charge is 0.338 e. The highest BCUT2D eigenvalue weighted by molar-refractivity contribution is 5.94. The quantitative estimate of drug-likeness (QED) is 0.831. The molecule has 27 heavy (non-hydrogen) atoms. The molecule has 1 aromatic heterocycles. The number of likely N-dealkylation sites (tertiary alicyclic amines) is 1. The molecule has 4 rings (SSSR count). The Labute approximate surface area is 158 Å². The molecule has 0 radical (unpaired) electrons. The SMILES string of the molecule is CC(C)CC(=O)N1C[C@H]2[C@H](C1)n1cccc1C(=O)N2Cc1ccc(F)cc1. The van der Waals surface area contributed by atoms with Crippen molar-refractivity contribution in [3.8, 4) is 0 Å². The summed E-state index contributed by atoms with van der Waals surface area (Å²) in [6.07, 6.45) is 2.44. The van der Waals surface area contributed by atoms with Gasteiger partial charge in [-0.3, -0.25) is 9.59 Å². The van der Waals surface area contributed by atoms with Gasteiger partial charge in [0.2, 0.25) is 5.91 Å². The molecule has 0 spiro atoms. The molecule has 1 saturated heterocycles. The van der Waals surface area contributed by atoms with Gasteiger partial charge < -0.3 is 14.4 Å². The zero-order valence-electron chi connectivity index (χ0n) is 15.6. The molecule has 0 aliphatic carbocycles. The number of carbonyl (C=O) groups excluding carboxylic acids is 2. The number of fused-ring (bicyclic) bond motifs is 3. The average Bonchev–Trinajstić information content (AvgIpc) is 3.26. The van der Waals surface area contributed by atoms with Gasteiger partial charge in [-0.1, -0.05) is 26.0 Å². The van der Waals surface area contributed by atoms with E-state index in [0.717, 1.165) is 5.56 Å². The number of carbonyl (C=O) groups is 2. The Bertz CT molecular complexity index is 859. The number of hydrogen-bond acceptors (Lipinski definition) is 2. The maximum atomic E-state index is 13.2. The molecule has 5 nitrogen and oxygen atoms in total. The van der Waals surface area contributed by atoms with E-state index in [2.05, 4.69) is 0 Å². The van der Waals surface area contributed by atoms with Gasteiger partial charge >= 0.3 is 0 Å². The first kappa shape index (κ1) is 17.8. The second-order valence-corrected chi connectivity index (χ2v) is 7.89. The van der Waals surface area contributed by atoms with Crippen LogP contribution in [0.25, 0.3) is 0 Å². The number of benzene rings is 1. The van der Waals surface area contributed by atoms with Crippen molar-refractivity contribution in [3.05, 3.63) is 59.7 Å². The lowest BCUT2D eigenvalue weighted by molar-refractivity contribution is -0.131. The summed E-state index contributed by atoms with van der Waals surface area (Å²) < 4.78 is 15.2. The Kier molecular flexibility index (Phi) is 4.50. The normalized spacial score (nSPS) is 21.6. The van der Waals surface area contributed by atoms with Crippen molar-refractivity contribution in [2.24, 2.45) is 5.92 Å². The molecule has 1 fully saturated rings. The molecule has 2 aliphatic heterocycles. The van der Waals surface area contributed by atoms with Crippen molar-refractivity contribution in [1.82, 2.24) is 14.4 Å². The fraction of sp³-hybridized carbons (Fsp3) is 0.429. The Morgan fingerprint density at radius 1 is 1.15 bits per heavy atom. The fourth-order valence-corrected chi connectivity index (χ4v) is 4.17. The molecule has 2 aromatic rings. The second kappa shape index (κ2) is 6.83. The van der Waals surface area contributed by atoms with Gasteiger partial charge in [-0.25, -0.2) is 4.39 Å². The van der Waals surface area contributed by atoms with E-state index < -0.39 is 0 Å². The lowest BCUT2D eigenvalue weighted by atomic mass is 10.0.